The Morgan fingerprint density at radius 3 is 2.59 bits per heavy atom. The van der Waals surface area contributed by atoms with Crippen LogP contribution in [0.5, 0.6) is 0 Å². The van der Waals surface area contributed by atoms with Crippen molar-refractivity contribution in [2.45, 2.75) is 87.2 Å². The lowest BCUT2D eigenvalue weighted by molar-refractivity contribution is -0.163. The largest absolute Gasteiger partial charge is 0.461 e. The molecule has 0 spiro atoms. The maximum Gasteiger partial charge on any atom is 0.313 e. The standard InChI is InChI=1S/C27H41N3O2/c1-16(2)11-20-12-18(4)14-22(27(6,7)8)25(20)32-24(31)15-23-28-26(30-29-23)21-13-17(3)9-10-19(21)5/h9-10,13,16,18,20,22,25H,11-12,14-15H2,1-8H3,(H,28,29,30). The van der Waals surface area contributed by atoms with Crippen LogP contribution >= 0.6 is 0 Å². The molecule has 1 aliphatic carbocycles. The molecule has 0 saturated heterocycles. The van der Waals surface area contributed by atoms with Gasteiger partial charge in [0.15, 0.2) is 5.82 Å². The van der Waals surface area contributed by atoms with E-state index in [2.05, 4.69) is 81.8 Å². The van der Waals surface area contributed by atoms with E-state index >= 15 is 0 Å². The summed E-state index contributed by atoms with van der Waals surface area (Å²) in [7, 11) is 0. The number of H-pyrrole nitrogens is 1. The Hall–Kier alpha value is -2.17. The summed E-state index contributed by atoms with van der Waals surface area (Å²) in [6, 6.07) is 6.22. The lowest BCUT2D eigenvalue weighted by Crippen LogP contribution is -2.46. The summed E-state index contributed by atoms with van der Waals surface area (Å²) in [6.45, 7) is 17.8. The van der Waals surface area contributed by atoms with Crippen molar-refractivity contribution in [3.63, 3.8) is 0 Å². The van der Waals surface area contributed by atoms with Crippen molar-refractivity contribution >= 4 is 5.97 Å². The first-order valence-corrected chi connectivity index (χ1v) is 12.1. The molecule has 3 rings (SSSR count). The molecule has 0 amide bonds. The fourth-order valence-corrected chi connectivity index (χ4v) is 5.31. The number of nitrogens with zero attached hydrogens (tertiary/aromatic N) is 2. The summed E-state index contributed by atoms with van der Waals surface area (Å²) in [4.78, 5) is 17.6. The van der Waals surface area contributed by atoms with Gasteiger partial charge >= 0.3 is 5.97 Å². The Bertz CT molecular complexity index is 923. The number of hydrogen-bond donors (Lipinski definition) is 1. The van der Waals surface area contributed by atoms with E-state index in [9.17, 15) is 4.79 Å². The minimum Gasteiger partial charge on any atom is -0.461 e. The molecule has 1 aliphatic rings. The smallest absolute Gasteiger partial charge is 0.313 e. The molecule has 1 aromatic heterocycles. The van der Waals surface area contributed by atoms with Gasteiger partial charge in [0, 0.05) is 11.5 Å². The molecule has 1 N–H and O–H groups in total. The number of carbonyl (C=O) groups is 1. The van der Waals surface area contributed by atoms with Crippen molar-refractivity contribution in [3.05, 3.63) is 35.2 Å². The molecule has 5 heteroatoms. The summed E-state index contributed by atoms with van der Waals surface area (Å²) in [5.74, 6) is 2.99. The monoisotopic (exact) mass is 439 g/mol. The fourth-order valence-electron chi connectivity index (χ4n) is 5.31. The second kappa shape index (κ2) is 9.76. The molecule has 4 unspecified atom stereocenters. The van der Waals surface area contributed by atoms with E-state index in [0.717, 1.165) is 36.0 Å². The van der Waals surface area contributed by atoms with Gasteiger partial charge < -0.3 is 4.74 Å². The third-order valence-corrected chi connectivity index (χ3v) is 6.85. The molecule has 1 fully saturated rings. The molecule has 5 nitrogen and oxygen atoms in total. The van der Waals surface area contributed by atoms with Crippen molar-refractivity contribution in [2.24, 2.45) is 29.1 Å². The molecule has 1 heterocycles. The van der Waals surface area contributed by atoms with Crippen LogP contribution in [0.25, 0.3) is 11.4 Å². The number of aryl methyl sites for hydroxylation is 2. The number of ether oxygens (including phenoxy) is 1. The molecule has 2 aromatic rings. The predicted molar refractivity (Wildman–Crippen MR) is 129 cm³/mol. The molecule has 0 radical (unpaired) electrons. The number of rotatable bonds is 6. The van der Waals surface area contributed by atoms with Crippen molar-refractivity contribution in [1.82, 2.24) is 15.2 Å². The molecular weight excluding hydrogens is 398 g/mol. The summed E-state index contributed by atoms with van der Waals surface area (Å²) < 4.78 is 6.23. The SMILES string of the molecule is Cc1ccc(C)c(-c2n[nH]c(CC(=O)OC3C(CC(C)C)CC(C)CC3C(C)(C)C)n2)c1. The van der Waals surface area contributed by atoms with E-state index in [-0.39, 0.29) is 23.9 Å². The Balaban J connectivity index is 1.75. The van der Waals surface area contributed by atoms with E-state index in [1.54, 1.807) is 0 Å². The van der Waals surface area contributed by atoms with Crippen LogP contribution in [0.3, 0.4) is 0 Å². The first-order chi connectivity index (χ1) is 14.9. The highest BCUT2D eigenvalue weighted by atomic mass is 16.5. The lowest BCUT2D eigenvalue weighted by Gasteiger charge is -2.46. The molecular formula is C27H41N3O2. The van der Waals surface area contributed by atoms with Gasteiger partial charge in [-0.2, -0.15) is 5.10 Å². The van der Waals surface area contributed by atoms with E-state index < -0.39 is 0 Å². The number of esters is 1. The van der Waals surface area contributed by atoms with Crippen molar-refractivity contribution in [1.29, 1.82) is 0 Å². The average molecular weight is 440 g/mol. The molecule has 1 aromatic carbocycles. The fraction of sp³-hybridized carbons (Fsp3) is 0.667. The number of aromatic nitrogens is 3. The van der Waals surface area contributed by atoms with Gasteiger partial charge in [0.2, 0.25) is 0 Å². The molecule has 0 bridgehead atoms. The Morgan fingerprint density at radius 2 is 1.94 bits per heavy atom. The van der Waals surface area contributed by atoms with Crippen LogP contribution in [-0.4, -0.2) is 27.3 Å². The van der Waals surface area contributed by atoms with Crippen LogP contribution in [0, 0.1) is 42.9 Å². The van der Waals surface area contributed by atoms with Crippen LogP contribution in [0.15, 0.2) is 18.2 Å². The molecule has 4 atom stereocenters. The lowest BCUT2D eigenvalue weighted by atomic mass is 9.63. The van der Waals surface area contributed by atoms with Crippen LogP contribution in [0.2, 0.25) is 0 Å². The number of hydrogen-bond acceptors (Lipinski definition) is 4. The second-order valence-electron chi connectivity index (χ2n) is 11.5. The van der Waals surface area contributed by atoms with Gasteiger partial charge in [-0.25, -0.2) is 4.98 Å². The predicted octanol–water partition coefficient (Wildman–Crippen LogP) is 6.30. The topological polar surface area (TPSA) is 67.9 Å². The second-order valence-corrected chi connectivity index (χ2v) is 11.5. The molecule has 32 heavy (non-hydrogen) atoms. The normalized spacial score (nSPS) is 24.0. The summed E-state index contributed by atoms with van der Waals surface area (Å²) in [5.41, 5.74) is 3.36. The third-order valence-electron chi connectivity index (χ3n) is 6.85. The maximum absolute atomic E-state index is 13.0. The highest BCUT2D eigenvalue weighted by Gasteiger charge is 2.44. The Morgan fingerprint density at radius 1 is 1.22 bits per heavy atom. The molecule has 0 aliphatic heterocycles. The van der Waals surface area contributed by atoms with Gasteiger partial charge in [-0.3, -0.25) is 9.89 Å². The van der Waals surface area contributed by atoms with Gasteiger partial charge in [0.05, 0.1) is 0 Å². The Kier molecular flexibility index (Phi) is 7.46. The van der Waals surface area contributed by atoms with Crippen LogP contribution in [0.1, 0.15) is 77.8 Å². The van der Waals surface area contributed by atoms with E-state index in [4.69, 9.17) is 4.74 Å². The summed E-state index contributed by atoms with van der Waals surface area (Å²) in [5, 5.41) is 7.31. The van der Waals surface area contributed by atoms with Crippen LogP contribution in [-0.2, 0) is 16.0 Å². The maximum atomic E-state index is 13.0. The van der Waals surface area contributed by atoms with E-state index in [0.29, 0.717) is 35.3 Å². The minimum atomic E-state index is -0.212. The number of carbonyl (C=O) groups excluding carboxylic acids is 1. The number of benzene rings is 1. The average Bonchev–Trinajstić information content (AvgIpc) is 3.12. The summed E-state index contributed by atoms with van der Waals surface area (Å²) in [6.07, 6.45) is 3.41. The zero-order valence-electron chi connectivity index (χ0n) is 21.2. The molecule has 176 valence electrons. The van der Waals surface area contributed by atoms with Crippen molar-refractivity contribution in [3.8, 4) is 11.4 Å². The molecule has 1 saturated carbocycles. The van der Waals surface area contributed by atoms with Gasteiger partial charge in [-0.1, -0.05) is 59.2 Å². The van der Waals surface area contributed by atoms with E-state index in [1.165, 1.54) is 0 Å². The zero-order chi connectivity index (χ0) is 23.6. The zero-order valence-corrected chi connectivity index (χ0v) is 21.2. The number of aromatic amines is 1. The number of nitrogens with one attached hydrogen (secondary N) is 1. The van der Waals surface area contributed by atoms with Crippen LogP contribution in [0.4, 0.5) is 0 Å². The van der Waals surface area contributed by atoms with Crippen LogP contribution < -0.4 is 0 Å². The van der Waals surface area contributed by atoms with Gasteiger partial charge in [-0.15, -0.1) is 0 Å². The Labute approximate surface area is 193 Å². The first kappa shape index (κ1) is 24.5. The third kappa shape index (κ3) is 5.99. The van der Waals surface area contributed by atoms with Gasteiger partial charge in [0.25, 0.3) is 0 Å². The van der Waals surface area contributed by atoms with Gasteiger partial charge in [0.1, 0.15) is 18.3 Å². The van der Waals surface area contributed by atoms with Crippen molar-refractivity contribution in [2.75, 3.05) is 0 Å². The quantitative estimate of drug-likeness (QED) is 0.537. The van der Waals surface area contributed by atoms with Gasteiger partial charge in [-0.05, 0) is 67.9 Å². The highest BCUT2D eigenvalue weighted by Crippen LogP contribution is 2.46. The van der Waals surface area contributed by atoms with Crippen molar-refractivity contribution < 1.29 is 9.53 Å². The van der Waals surface area contributed by atoms with E-state index in [1.807, 2.05) is 6.92 Å². The minimum absolute atomic E-state index is 0.0393. The summed E-state index contributed by atoms with van der Waals surface area (Å²) >= 11 is 0. The highest BCUT2D eigenvalue weighted by molar-refractivity contribution is 5.72. The first-order valence-electron chi connectivity index (χ1n) is 12.1.